The fourth-order valence-electron chi connectivity index (χ4n) is 2.03. The lowest BCUT2D eigenvalue weighted by Gasteiger charge is -2.04. The highest BCUT2D eigenvalue weighted by molar-refractivity contribution is 5.03. The van der Waals surface area contributed by atoms with Gasteiger partial charge in [0.2, 0.25) is 11.7 Å². The monoisotopic (exact) mass is 249 g/mol. The number of ether oxygens (including phenoxy) is 1. The molecule has 3 N–H and O–H groups in total. The predicted molar refractivity (Wildman–Crippen MR) is 61.4 cm³/mol. The van der Waals surface area contributed by atoms with E-state index in [0.717, 1.165) is 25.1 Å². The van der Waals surface area contributed by atoms with Gasteiger partial charge in [-0.1, -0.05) is 5.16 Å². The Morgan fingerprint density at radius 2 is 2.50 bits per heavy atom. The maximum Gasteiger partial charge on any atom is 0.244 e. The summed E-state index contributed by atoms with van der Waals surface area (Å²) < 4.78 is 10.7. The van der Waals surface area contributed by atoms with Crippen LogP contribution in [0.5, 0.6) is 0 Å². The van der Waals surface area contributed by atoms with Gasteiger partial charge < -0.3 is 20.0 Å². The molecule has 1 unspecified atom stereocenters. The van der Waals surface area contributed by atoms with Crippen LogP contribution in [0.1, 0.15) is 42.4 Å². The first kappa shape index (κ1) is 11.4. The third-order valence-electron chi connectivity index (χ3n) is 2.99. The summed E-state index contributed by atoms with van der Waals surface area (Å²) in [6, 6.07) is -0.326. The van der Waals surface area contributed by atoms with Gasteiger partial charge in [0.05, 0.1) is 12.4 Å². The van der Waals surface area contributed by atoms with E-state index in [4.69, 9.17) is 15.0 Å². The molecule has 1 fully saturated rings. The Kier molecular flexibility index (Phi) is 3.07. The molecule has 1 saturated heterocycles. The number of rotatable bonds is 4. The Morgan fingerprint density at radius 3 is 3.22 bits per heavy atom. The lowest BCUT2D eigenvalue weighted by Crippen LogP contribution is -2.14. The van der Waals surface area contributed by atoms with Crippen molar-refractivity contribution in [3.8, 4) is 0 Å². The van der Waals surface area contributed by atoms with Crippen molar-refractivity contribution in [2.24, 2.45) is 5.73 Å². The van der Waals surface area contributed by atoms with E-state index >= 15 is 0 Å². The molecule has 3 rings (SSSR count). The molecule has 1 aliphatic rings. The molecule has 0 aromatic carbocycles. The Labute approximate surface area is 104 Å². The zero-order valence-electron chi connectivity index (χ0n) is 9.87. The summed E-state index contributed by atoms with van der Waals surface area (Å²) in [5, 5.41) is 3.93. The summed E-state index contributed by atoms with van der Waals surface area (Å²) in [5.74, 6) is 1.04. The lowest BCUT2D eigenvalue weighted by molar-refractivity contribution is 0.103. The van der Waals surface area contributed by atoms with Crippen molar-refractivity contribution in [3.05, 3.63) is 29.9 Å². The van der Waals surface area contributed by atoms with Crippen molar-refractivity contribution >= 4 is 0 Å². The summed E-state index contributed by atoms with van der Waals surface area (Å²) in [4.78, 5) is 11.2. The Balaban J connectivity index is 1.68. The van der Waals surface area contributed by atoms with E-state index < -0.39 is 0 Å². The number of aromatic nitrogens is 4. The molecule has 0 aliphatic carbocycles. The van der Waals surface area contributed by atoms with Crippen LogP contribution in [0.3, 0.4) is 0 Å². The van der Waals surface area contributed by atoms with Gasteiger partial charge in [-0.15, -0.1) is 0 Å². The summed E-state index contributed by atoms with van der Waals surface area (Å²) in [7, 11) is 0. The Bertz CT molecular complexity index is 489. The SMILES string of the molecule is N[C@H](Cc1cnc[nH]1)c1nc(C2CCCO2)no1. The van der Waals surface area contributed by atoms with E-state index in [1.165, 1.54) is 0 Å². The molecule has 2 aromatic rings. The normalized spacial score (nSPS) is 21.3. The van der Waals surface area contributed by atoms with E-state index in [2.05, 4.69) is 20.1 Å². The topological polar surface area (TPSA) is 103 Å². The molecule has 0 saturated carbocycles. The zero-order chi connectivity index (χ0) is 12.4. The highest BCUT2D eigenvalue weighted by Crippen LogP contribution is 2.27. The van der Waals surface area contributed by atoms with Crippen LogP contribution in [0.2, 0.25) is 0 Å². The van der Waals surface area contributed by atoms with Crippen molar-refractivity contribution in [1.29, 1.82) is 0 Å². The van der Waals surface area contributed by atoms with Gasteiger partial charge in [0, 0.05) is 24.9 Å². The molecule has 0 spiro atoms. The molecule has 96 valence electrons. The number of hydrogen-bond acceptors (Lipinski definition) is 6. The molecule has 2 atom stereocenters. The molecule has 2 aromatic heterocycles. The first-order valence-corrected chi connectivity index (χ1v) is 6.01. The molecule has 3 heterocycles. The van der Waals surface area contributed by atoms with E-state index in [9.17, 15) is 0 Å². The minimum atomic E-state index is -0.326. The Morgan fingerprint density at radius 1 is 1.56 bits per heavy atom. The van der Waals surface area contributed by atoms with Crippen LogP contribution in [0.15, 0.2) is 17.0 Å². The second-order valence-corrected chi connectivity index (χ2v) is 4.38. The van der Waals surface area contributed by atoms with Gasteiger partial charge in [-0.2, -0.15) is 4.98 Å². The fraction of sp³-hybridized carbons (Fsp3) is 0.545. The number of hydrogen-bond donors (Lipinski definition) is 2. The second-order valence-electron chi connectivity index (χ2n) is 4.38. The number of nitrogens with two attached hydrogens (primary N) is 1. The number of nitrogens with zero attached hydrogens (tertiary/aromatic N) is 3. The molecule has 0 amide bonds. The van der Waals surface area contributed by atoms with Crippen molar-refractivity contribution in [2.75, 3.05) is 6.61 Å². The van der Waals surface area contributed by atoms with Crippen LogP contribution in [0.4, 0.5) is 0 Å². The first-order valence-electron chi connectivity index (χ1n) is 6.01. The molecular formula is C11H15N5O2. The van der Waals surface area contributed by atoms with Gasteiger partial charge in [0.25, 0.3) is 0 Å². The summed E-state index contributed by atoms with van der Waals surface area (Å²) >= 11 is 0. The van der Waals surface area contributed by atoms with Crippen LogP contribution < -0.4 is 5.73 Å². The van der Waals surface area contributed by atoms with Gasteiger partial charge in [-0.3, -0.25) is 0 Å². The Hall–Kier alpha value is -1.73. The second kappa shape index (κ2) is 4.87. The van der Waals surface area contributed by atoms with Gasteiger partial charge in [0.1, 0.15) is 6.10 Å². The van der Waals surface area contributed by atoms with Crippen LogP contribution >= 0.6 is 0 Å². The van der Waals surface area contributed by atoms with Crippen LogP contribution in [-0.4, -0.2) is 26.7 Å². The smallest absolute Gasteiger partial charge is 0.244 e. The highest BCUT2D eigenvalue weighted by Gasteiger charge is 2.24. The molecule has 7 heteroatoms. The molecule has 0 bridgehead atoms. The highest BCUT2D eigenvalue weighted by atomic mass is 16.5. The molecular weight excluding hydrogens is 234 g/mol. The summed E-state index contributed by atoms with van der Waals surface area (Å²) in [6.45, 7) is 0.759. The predicted octanol–water partition coefficient (Wildman–Crippen LogP) is 0.887. The molecule has 18 heavy (non-hydrogen) atoms. The number of aromatic amines is 1. The average Bonchev–Trinajstić information content (AvgIpc) is 3.11. The largest absolute Gasteiger partial charge is 0.370 e. The lowest BCUT2D eigenvalue weighted by atomic mass is 10.2. The minimum absolute atomic E-state index is 0.0399. The van der Waals surface area contributed by atoms with Crippen molar-refractivity contribution < 1.29 is 9.26 Å². The van der Waals surface area contributed by atoms with E-state index in [0.29, 0.717) is 18.1 Å². The van der Waals surface area contributed by atoms with E-state index in [1.807, 2.05) is 0 Å². The van der Waals surface area contributed by atoms with Crippen molar-refractivity contribution in [3.63, 3.8) is 0 Å². The zero-order valence-corrected chi connectivity index (χ0v) is 9.87. The fourth-order valence-corrected chi connectivity index (χ4v) is 2.03. The number of H-pyrrole nitrogens is 1. The number of imidazole rings is 1. The van der Waals surface area contributed by atoms with E-state index in [1.54, 1.807) is 12.5 Å². The number of nitrogens with one attached hydrogen (secondary N) is 1. The van der Waals surface area contributed by atoms with Crippen LogP contribution in [0, 0.1) is 0 Å². The van der Waals surface area contributed by atoms with Gasteiger partial charge >= 0.3 is 0 Å². The minimum Gasteiger partial charge on any atom is -0.370 e. The summed E-state index contributed by atoms with van der Waals surface area (Å²) in [5.41, 5.74) is 6.96. The molecule has 0 radical (unpaired) electrons. The third kappa shape index (κ3) is 2.27. The summed E-state index contributed by atoms with van der Waals surface area (Å²) in [6.07, 6.45) is 5.88. The van der Waals surface area contributed by atoms with Crippen LogP contribution in [0.25, 0.3) is 0 Å². The maximum atomic E-state index is 6.01. The van der Waals surface area contributed by atoms with E-state index in [-0.39, 0.29) is 12.1 Å². The molecule has 1 aliphatic heterocycles. The standard InChI is InChI=1S/C11H15N5O2/c12-8(4-7-5-13-6-14-7)11-15-10(16-18-11)9-2-1-3-17-9/h5-6,8-9H,1-4,12H2,(H,13,14)/t8-,9?/m1/s1. The van der Waals surface area contributed by atoms with Crippen molar-refractivity contribution in [1.82, 2.24) is 20.1 Å². The van der Waals surface area contributed by atoms with Gasteiger partial charge in [0.15, 0.2) is 0 Å². The van der Waals surface area contributed by atoms with Gasteiger partial charge in [-0.25, -0.2) is 4.98 Å². The van der Waals surface area contributed by atoms with Crippen LogP contribution in [-0.2, 0) is 11.2 Å². The first-order chi connectivity index (χ1) is 8.83. The quantitative estimate of drug-likeness (QED) is 0.834. The average molecular weight is 249 g/mol. The maximum absolute atomic E-state index is 6.01. The molecule has 7 nitrogen and oxygen atoms in total. The third-order valence-corrected chi connectivity index (χ3v) is 2.99. The van der Waals surface area contributed by atoms with Gasteiger partial charge in [-0.05, 0) is 12.8 Å². The van der Waals surface area contributed by atoms with Crippen molar-refractivity contribution in [2.45, 2.75) is 31.4 Å².